The Morgan fingerprint density at radius 1 is 0.868 bits per heavy atom. The summed E-state index contributed by atoms with van der Waals surface area (Å²) in [4.78, 5) is 25.7. The van der Waals surface area contributed by atoms with Crippen LogP contribution >= 0.6 is 0 Å². The van der Waals surface area contributed by atoms with Gasteiger partial charge in [0.05, 0.1) is 0 Å². The Balaban J connectivity index is 1.45. The lowest BCUT2D eigenvalue weighted by atomic mass is 9.98. The van der Waals surface area contributed by atoms with Crippen molar-refractivity contribution in [3.05, 3.63) is 89.5 Å². The van der Waals surface area contributed by atoms with Gasteiger partial charge in [0.15, 0.2) is 0 Å². The first-order valence-corrected chi connectivity index (χ1v) is 12.1. The van der Waals surface area contributed by atoms with Gasteiger partial charge in [-0.05, 0) is 60.7 Å². The summed E-state index contributed by atoms with van der Waals surface area (Å²) in [6.45, 7) is 5.14. The summed E-state index contributed by atoms with van der Waals surface area (Å²) < 4.78 is 52.3. The molecule has 0 heterocycles. The minimum absolute atomic E-state index is 0.0224. The third kappa shape index (κ3) is 6.85. The topological polar surface area (TPSA) is 73.9 Å². The Labute approximate surface area is 218 Å². The second-order valence-electron chi connectivity index (χ2n) is 9.95. The average Bonchev–Trinajstić information content (AvgIpc) is 3.15. The molecule has 0 aliphatic heterocycles. The van der Waals surface area contributed by atoms with E-state index >= 15 is 0 Å². The predicted octanol–water partition coefficient (Wildman–Crippen LogP) is 6.38. The number of hydrogen-bond donors (Lipinski definition) is 1. The second-order valence-corrected chi connectivity index (χ2v) is 9.95. The lowest BCUT2D eigenvalue weighted by Crippen LogP contribution is -2.46. The third-order valence-corrected chi connectivity index (χ3v) is 5.92. The molecule has 6 nitrogen and oxygen atoms in total. The Morgan fingerprint density at radius 2 is 1.42 bits per heavy atom. The monoisotopic (exact) mass is 527 g/mol. The van der Waals surface area contributed by atoms with Crippen LogP contribution in [-0.2, 0) is 20.7 Å². The van der Waals surface area contributed by atoms with Gasteiger partial charge in [0.25, 0.3) is 0 Å². The van der Waals surface area contributed by atoms with E-state index in [9.17, 15) is 22.8 Å². The molecule has 0 saturated carbocycles. The smallest absolute Gasteiger partial charge is 0.458 e. The van der Waals surface area contributed by atoms with Crippen LogP contribution in [-0.4, -0.2) is 36.7 Å². The van der Waals surface area contributed by atoms with Crippen LogP contribution in [0.5, 0.6) is 5.75 Å². The maximum absolute atomic E-state index is 12.9. The third-order valence-electron chi connectivity index (χ3n) is 5.92. The number of alkyl halides is 3. The summed E-state index contributed by atoms with van der Waals surface area (Å²) in [6.07, 6.45) is -5.64. The molecule has 0 unspecified atom stereocenters. The van der Waals surface area contributed by atoms with Gasteiger partial charge in [0, 0.05) is 12.3 Å². The SMILES string of the molecule is CC(C)(C)OC(=O)[C@H](Cc1ccc(OC(F)(F)F)cc1)NC(=O)OCC1c2ccccc2-c2ccccc21. The number of alkyl carbamates (subject to hydrolysis) is 1. The number of rotatable bonds is 7. The summed E-state index contributed by atoms with van der Waals surface area (Å²) in [5.74, 6) is -1.24. The predicted molar refractivity (Wildman–Crippen MR) is 135 cm³/mol. The quantitative estimate of drug-likeness (QED) is 0.361. The van der Waals surface area contributed by atoms with Gasteiger partial charge >= 0.3 is 18.4 Å². The molecule has 0 fully saturated rings. The van der Waals surface area contributed by atoms with E-state index in [0.717, 1.165) is 34.4 Å². The van der Waals surface area contributed by atoms with Crippen LogP contribution in [0.15, 0.2) is 72.8 Å². The maximum atomic E-state index is 12.9. The second kappa shape index (κ2) is 10.8. The van der Waals surface area contributed by atoms with Gasteiger partial charge in [-0.2, -0.15) is 0 Å². The van der Waals surface area contributed by atoms with Crippen molar-refractivity contribution in [1.29, 1.82) is 0 Å². The molecule has 200 valence electrons. The molecule has 0 bridgehead atoms. The Kier molecular flexibility index (Phi) is 7.66. The molecule has 0 aromatic heterocycles. The standard InChI is InChI=1S/C29H28F3NO5/c1-28(2,3)38-26(34)25(16-18-12-14-19(15-13-18)37-29(30,31)32)33-27(35)36-17-24-22-10-6-4-8-20(22)21-9-5-7-11-23(21)24/h4-15,24-25H,16-17H2,1-3H3,(H,33,35)/t25-/m0/s1. The van der Waals surface area contributed by atoms with Crippen LogP contribution in [0.1, 0.15) is 43.4 Å². The van der Waals surface area contributed by atoms with Crippen molar-refractivity contribution < 1.29 is 37.0 Å². The summed E-state index contributed by atoms with van der Waals surface area (Å²) >= 11 is 0. The number of ether oxygens (including phenoxy) is 3. The van der Waals surface area contributed by atoms with Crippen LogP contribution in [0.3, 0.4) is 0 Å². The summed E-state index contributed by atoms with van der Waals surface area (Å²) in [5.41, 5.74) is 3.94. The first-order valence-electron chi connectivity index (χ1n) is 12.1. The highest BCUT2D eigenvalue weighted by Crippen LogP contribution is 2.44. The molecule has 1 amide bonds. The van der Waals surface area contributed by atoms with E-state index in [0.29, 0.717) is 5.56 Å². The number of benzene rings is 3. The van der Waals surface area contributed by atoms with Crippen LogP contribution in [0.4, 0.5) is 18.0 Å². The molecule has 1 aliphatic carbocycles. The molecule has 0 radical (unpaired) electrons. The van der Waals surface area contributed by atoms with Crippen LogP contribution in [0, 0.1) is 0 Å². The van der Waals surface area contributed by atoms with Crippen LogP contribution in [0.2, 0.25) is 0 Å². The number of hydrogen-bond acceptors (Lipinski definition) is 5. The van der Waals surface area contributed by atoms with Gasteiger partial charge in [-0.1, -0.05) is 60.7 Å². The van der Waals surface area contributed by atoms with Crippen LogP contribution < -0.4 is 10.1 Å². The molecule has 0 saturated heterocycles. The van der Waals surface area contributed by atoms with Crippen molar-refractivity contribution in [2.45, 2.75) is 51.1 Å². The van der Waals surface area contributed by atoms with Gasteiger partial charge in [0.2, 0.25) is 0 Å². The molecule has 1 atom stereocenters. The first kappa shape index (κ1) is 27.0. The first-order chi connectivity index (χ1) is 17.9. The van der Waals surface area contributed by atoms with Crippen molar-refractivity contribution in [3.8, 4) is 16.9 Å². The average molecular weight is 528 g/mol. The van der Waals surface area contributed by atoms with Crippen molar-refractivity contribution in [2.75, 3.05) is 6.61 Å². The summed E-state index contributed by atoms with van der Waals surface area (Å²) in [7, 11) is 0. The zero-order valence-corrected chi connectivity index (χ0v) is 21.2. The minimum atomic E-state index is -4.81. The summed E-state index contributed by atoms with van der Waals surface area (Å²) in [6, 6.07) is 19.8. The van der Waals surface area contributed by atoms with E-state index in [1.807, 2.05) is 48.5 Å². The number of carbonyl (C=O) groups excluding carboxylic acids is 2. The van der Waals surface area contributed by atoms with E-state index in [-0.39, 0.29) is 24.7 Å². The van der Waals surface area contributed by atoms with Gasteiger partial charge in [-0.3, -0.25) is 0 Å². The Hall–Kier alpha value is -4.01. The maximum Gasteiger partial charge on any atom is 0.573 e. The lowest BCUT2D eigenvalue weighted by molar-refractivity contribution is -0.274. The molecule has 9 heteroatoms. The van der Waals surface area contributed by atoms with Crippen molar-refractivity contribution in [3.63, 3.8) is 0 Å². The van der Waals surface area contributed by atoms with Crippen molar-refractivity contribution >= 4 is 12.1 Å². The fraction of sp³-hybridized carbons (Fsp3) is 0.310. The zero-order valence-electron chi connectivity index (χ0n) is 21.2. The molecule has 3 aromatic carbocycles. The van der Waals surface area contributed by atoms with E-state index in [2.05, 4.69) is 10.1 Å². The zero-order chi connectivity index (χ0) is 27.5. The van der Waals surface area contributed by atoms with Crippen molar-refractivity contribution in [1.82, 2.24) is 5.32 Å². The molecular formula is C29H28F3NO5. The number of amides is 1. The molecule has 0 spiro atoms. The Bertz CT molecular complexity index is 1250. The normalized spacial score (nSPS) is 13.7. The van der Waals surface area contributed by atoms with E-state index < -0.39 is 30.1 Å². The highest BCUT2D eigenvalue weighted by atomic mass is 19.4. The molecule has 1 aliphatic rings. The van der Waals surface area contributed by atoms with Gasteiger partial charge in [0.1, 0.15) is 24.0 Å². The van der Waals surface area contributed by atoms with Crippen LogP contribution in [0.25, 0.3) is 11.1 Å². The van der Waals surface area contributed by atoms with E-state index in [1.165, 1.54) is 12.1 Å². The fourth-order valence-electron chi connectivity index (χ4n) is 4.41. The van der Waals surface area contributed by atoms with Gasteiger partial charge in [-0.15, -0.1) is 13.2 Å². The number of fused-ring (bicyclic) bond motifs is 3. The van der Waals surface area contributed by atoms with Gasteiger partial charge < -0.3 is 19.5 Å². The number of halogens is 3. The van der Waals surface area contributed by atoms with Gasteiger partial charge in [-0.25, -0.2) is 9.59 Å². The van der Waals surface area contributed by atoms with Crippen molar-refractivity contribution in [2.24, 2.45) is 0 Å². The van der Waals surface area contributed by atoms with E-state index in [4.69, 9.17) is 9.47 Å². The summed E-state index contributed by atoms with van der Waals surface area (Å²) in [5, 5.41) is 2.57. The molecule has 4 rings (SSSR count). The number of nitrogens with one attached hydrogen (secondary N) is 1. The lowest BCUT2D eigenvalue weighted by Gasteiger charge is -2.25. The number of esters is 1. The molecule has 3 aromatic rings. The largest absolute Gasteiger partial charge is 0.573 e. The fourth-order valence-corrected chi connectivity index (χ4v) is 4.41. The minimum Gasteiger partial charge on any atom is -0.458 e. The highest BCUT2D eigenvalue weighted by Gasteiger charge is 2.32. The number of carbonyl (C=O) groups is 2. The molecular weight excluding hydrogens is 499 g/mol. The van der Waals surface area contributed by atoms with E-state index in [1.54, 1.807) is 20.8 Å². The Morgan fingerprint density at radius 3 is 1.95 bits per heavy atom. The molecule has 1 N–H and O–H groups in total. The highest BCUT2D eigenvalue weighted by molar-refractivity contribution is 5.82. The molecule has 38 heavy (non-hydrogen) atoms.